The number of benzene rings is 1. The van der Waals surface area contributed by atoms with E-state index in [4.69, 9.17) is 9.47 Å². The van der Waals surface area contributed by atoms with Crippen LogP contribution < -0.4 is 14.4 Å². The van der Waals surface area contributed by atoms with E-state index in [-0.39, 0.29) is 5.56 Å². The van der Waals surface area contributed by atoms with Crippen LogP contribution in [-0.2, 0) is 0 Å². The Hall–Kier alpha value is -2.50. The third kappa shape index (κ3) is 2.20. The van der Waals surface area contributed by atoms with Gasteiger partial charge >= 0.3 is 5.97 Å². The van der Waals surface area contributed by atoms with E-state index in [1.54, 1.807) is 26.4 Å². The minimum absolute atomic E-state index is 0.195. The normalized spacial score (nSPS) is 14.4. The molecule has 0 bridgehead atoms. The second kappa shape index (κ2) is 5.71. The van der Waals surface area contributed by atoms with Gasteiger partial charge in [-0.15, -0.1) is 0 Å². The molecule has 0 spiro atoms. The van der Waals surface area contributed by atoms with Crippen LogP contribution in [0.1, 0.15) is 23.2 Å². The van der Waals surface area contributed by atoms with Crippen molar-refractivity contribution < 1.29 is 19.4 Å². The topological polar surface area (TPSA) is 71.9 Å². The molecule has 22 heavy (non-hydrogen) atoms. The molecule has 0 unspecified atom stereocenters. The van der Waals surface area contributed by atoms with E-state index in [0.29, 0.717) is 28.1 Å². The lowest BCUT2D eigenvalue weighted by molar-refractivity contribution is 0.0697. The SMILES string of the molecule is COc1ccc(OC)c2c(N3CCCC3)c(C(=O)O)cnc12. The largest absolute Gasteiger partial charge is 0.496 e. The highest BCUT2D eigenvalue weighted by atomic mass is 16.5. The van der Waals surface area contributed by atoms with E-state index in [1.165, 1.54) is 6.20 Å². The molecule has 1 aliphatic rings. The van der Waals surface area contributed by atoms with Gasteiger partial charge in [-0.2, -0.15) is 0 Å². The molecule has 1 aromatic carbocycles. The van der Waals surface area contributed by atoms with Crippen LogP contribution in [0.15, 0.2) is 18.3 Å². The van der Waals surface area contributed by atoms with Crippen molar-refractivity contribution in [2.75, 3.05) is 32.2 Å². The second-order valence-electron chi connectivity index (χ2n) is 5.21. The van der Waals surface area contributed by atoms with Crippen molar-refractivity contribution in [3.05, 3.63) is 23.9 Å². The van der Waals surface area contributed by atoms with Crippen molar-refractivity contribution >= 4 is 22.6 Å². The van der Waals surface area contributed by atoms with Gasteiger partial charge in [-0.1, -0.05) is 0 Å². The Balaban J connectivity index is 2.39. The lowest BCUT2D eigenvalue weighted by atomic mass is 10.1. The van der Waals surface area contributed by atoms with Crippen LogP contribution >= 0.6 is 0 Å². The molecule has 1 N–H and O–H groups in total. The zero-order valence-corrected chi connectivity index (χ0v) is 12.6. The summed E-state index contributed by atoms with van der Waals surface area (Å²) in [6.45, 7) is 1.67. The number of carbonyl (C=O) groups is 1. The molecular weight excluding hydrogens is 284 g/mol. The van der Waals surface area contributed by atoms with Gasteiger partial charge in [0.1, 0.15) is 22.6 Å². The first-order chi connectivity index (χ1) is 10.7. The molecule has 6 heteroatoms. The summed E-state index contributed by atoms with van der Waals surface area (Å²) in [6.07, 6.45) is 3.50. The Morgan fingerprint density at radius 2 is 1.82 bits per heavy atom. The van der Waals surface area contributed by atoms with Crippen LogP contribution in [0, 0.1) is 0 Å². The summed E-state index contributed by atoms with van der Waals surface area (Å²) in [5.41, 5.74) is 1.49. The van der Waals surface area contributed by atoms with Gasteiger partial charge in [0.25, 0.3) is 0 Å². The number of hydrogen-bond acceptors (Lipinski definition) is 5. The Bertz CT molecular complexity index is 724. The van der Waals surface area contributed by atoms with Crippen LogP contribution in [0.4, 0.5) is 5.69 Å². The van der Waals surface area contributed by atoms with Gasteiger partial charge in [-0.25, -0.2) is 4.79 Å². The molecule has 0 saturated carbocycles. The standard InChI is InChI=1S/C16H18N2O4/c1-21-11-5-6-12(22-2)14-13(11)15(18-7-3-4-8-18)10(9-17-14)16(19)20/h5-6,9H,3-4,7-8H2,1-2H3,(H,19,20). The van der Waals surface area contributed by atoms with Crippen LogP contribution in [-0.4, -0.2) is 43.4 Å². The number of fused-ring (bicyclic) bond motifs is 1. The minimum atomic E-state index is -0.985. The highest BCUT2D eigenvalue weighted by molar-refractivity contribution is 6.08. The molecule has 1 saturated heterocycles. The number of carboxylic acid groups (broad SMARTS) is 1. The fourth-order valence-electron chi connectivity index (χ4n) is 3.00. The molecule has 0 atom stereocenters. The molecule has 1 aliphatic heterocycles. The van der Waals surface area contributed by atoms with Crippen molar-refractivity contribution in [1.82, 2.24) is 4.98 Å². The highest BCUT2D eigenvalue weighted by Gasteiger charge is 2.25. The van der Waals surface area contributed by atoms with Crippen LogP contribution in [0.25, 0.3) is 10.9 Å². The molecule has 6 nitrogen and oxygen atoms in total. The number of aromatic carboxylic acids is 1. The van der Waals surface area contributed by atoms with Gasteiger partial charge in [0, 0.05) is 19.3 Å². The van der Waals surface area contributed by atoms with E-state index in [0.717, 1.165) is 25.9 Å². The van der Waals surface area contributed by atoms with E-state index >= 15 is 0 Å². The number of pyridine rings is 1. The third-order valence-electron chi connectivity index (χ3n) is 4.01. The van der Waals surface area contributed by atoms with Gasteiger partial charge < -0.3 is 19.5 Å². The number of hydrogen-bond donors (Lipinski definition) is 1. The zero-order chi connectivity index (χ0) is 15.7. The fourth-order valence-corrected chi connectivity index (χ4v) is 3.00. The first-order valence-electron chi connectivity index (χ1n) is 7.19. The summed E-state index contributed by atoms with van der Waals surface area (Å²) >= 11 is 0. The maximum atomic E-state index is 11.6. The lowest BCUT2D eigenvalue weighted by Crippen LogP contribution is -2.21. The van der Waals surface area contributed by atoms with Gasteiger partial charge in [0.15, 0.2) is 0 Å². The van der Waals surface area contributed by atoms with Gasteiger partial charge in [0.05, 0.1) is 25.3 Å². The molecule has 1 fully saturated rings. The summed E-state index contributed by atoms with van der Waals surface area (Å²) in [7, 11) is 3.14. The lowest BCUT2D eigenvalue weighted by Gasteiger charge is -2.23. The number of rotatable bonds is 4. The summed E-state index contributed by atoms with van der Waals surface area (Å²) in [5, 5.41) is 10.2. The smallest absolute Gasteiger partial charge is 0.339 e. The number of nitrogens with zero attached hydrogens (tertiary/aromatic N) is 2. The maximum Gasteiger partial charge on any atom is 0.339 e. The number of carboxylic acids is 1. The van der Waals surface area contributed by atoms with Crippen molar-refractivity contribution in [1.29, 1.82) is 0 Å². The molecule has 2 heterocycles. The summed E-state index contributed by atoms with van der Waals surface area (Å²) in [6, 6.07) is 3.57. The summed E-state index contributed by atoms with van der Waals surface area (Å²) in [4.78, 5) is 18.0. The van der Waals surface area contributed by atoms with Crippen LogP contribution in [0.3, 0.4) is 0 Å². The quantitative estimate of drug-likeness (QED) is 0.936. The van der Waals surface area contributed by atoms with Crippen molar-refractivity contribution in [3.8, 4) is 11.5 Å². The summed E-state index contributed by atoms with van der Waals surface area (Å²) < 4.78 is 10.8. The first kappa shape index (κ1) is 14.4. The molecule has 2 aromatic rings. The molecule has 116 valence electrons. The molecule has 0 amide bonds. The number of anilines is 1. The number of methoxy groups -OCH3 is 2. The Morgan fingerprint density at radius 3 is 2.41 bits per heavy atom. The van der Waals surface area contributed by atoms with E-state index in [1.807, 2.05) is 0 Å². The Kier molecular flexibility index (Phi) is 3.75. The maximum absolute atomic E-state index is 11.6. The average Bonchev–Trinajstić information content (AvgIpc) is 3.06. The molecular formula is C16H18N2O4. The molecule has 3 rings (SSSR count). The van der Waals surface area contributed by atoms with Crippen molar-refractivity contribution in [3.63, 3.8) is 0 Å². The van der Waals surface area contributed by atoms with Crippen LogP contribution in [0.2, 0.25) is 0 Å². The highest BCUT2D eigenvalue weighted by Crippen LogP contribution is 2.41. The predicted molar refractivity (Wildman–Crippen MR) is 83.3 cm³/mol. The zero-order valence-electron chi connectivity index (χ0n) is 12.6. The van der Waals surface area contributed by atoms with Gasteiger partial charge in [-0.3, -0.25) is 4.98 Å². The Labute approximate surface area is 128 Å². The Morgan fingerprint density at radius 1 is 1.18 bits per heavy atom. The summed E-state index contributed by atoms with van der Waals surface area (Å²) in [5.74, 6) is 0.225. The van der Waals surface area contributed by atoms with E-state index < -0.39 is 5.97 Å². The second-order valence-corrected chi connectivity index (χ2v) is 5.21. The van der Waals surface area contributed by atoms with E-state index in [2.05, 4.69) is 9.88 Å². The van der Waals surface area contributed by atoms with Crippen molar-refractivity contribution in [2.45, 2.75) is 12.8 Å². The number of ether oxygens (including phenoxy) is 2. The molecule has 1 aromatic heterocycles. The van der Waals surface area contributed by atoms with Gasteiger partial charge in [-0.05, 0) is 25.0 Å². The fraction of sp³-hybridized carbons (Fsp3) is 0.375. The van der Waals surface area contributed by atoms with Crippen molar-refractivity contribution in [2.24, 2.45) is 0 Å². The predicted octanol–water partition coefficient (Wildman–Crippen LogP) is 2.55. The third-order valence-corrected chi connectivity index (χ3v) is 4.01. The van der Waals surface area contributed by atoms with Gasteiger partial charge in [0.2, 0.25) is 0 Å². The minimum Gasteiger partial charge on any atom is -0.496 e. The van der Waals surface area contributed by atoms with Crippen LogP contribution in [0.5, 0.6) is 11.5 Å². The monoisotopic (exact) mass is 302 g/mol. The first-order valence-corrected chi connectivity index (χ1v) is 7.19. The molecule has 0 aliphatic carbocycles. The van der Waals surface area contributed by atoms with E-state index in [9.17, 15) is 9.90 Å². The average molecular weight is 302 g/mol. The number of aromatic nitrogens is 1. The molecule has 0 radical (unpaired) electrons.